The van der Waals surface area contributed by atoms with E-state index in [1.165, 1.54) is 6.08 Å². The number of hydrogen-bond acceptors (Lipinski definition) is 2. The van der Waals surface area contributed by atoms with E-state index in [1.54, 1.807) is 0 Å². The van der Waals surface area contributed by atoms with E-state index in [-0.39, 0.29) is 6.42 Å². The summed E-state index contributed by atoms with van der Waals surface area (Å²) in [5.41, 5.74) is 7.27. The van der Waals surface area contributed by atoms with Crippen molar-refractivity contribution in [3.8, 4) is 0 Å². The van der Waals surface area contributed by atoms with Gasteiger partial charge < -0.3 is 5.73 Å². The number of halogens is 3. The number of nitrogens with zero attached hydrogens (tertiary/aromatic N) is 1. The van der Waals surface area contributed by atoms with Crippen LogP contribution in [0.1, 0.15) is 17.5 Å². The molecule has 0 aromatic heterocycles. The highest BCUT2D eigenvalue weighted by atomic mass is 19.4. The highest BCUT2D eigenvalue weighted by molar-refractivity contribution is 5.23. The lowest BCUT2D eigenvalue weighted by atomic mass is 10.1. The van der Waals surface area contributed by atoms with Gasteiger partial charge in [0.05, 0.1) is 0 Å². The van der Waals surface area contributed by atoms with Gasteiger partial charge in [-0.2, -0.15) is 13.2 Å². The minimum Gasteiger partial charge on any atom is -0.326 e. The SMILES string of the molecule is NCc1ccc(CN2CC=C(C(F)(F)F)CC2)cc1. The van der Waals surface area contributed by atoms with E-state index in [0.717, 1.165) is 11.1 Å². The van der Waals surface area contributed by atoms with Crippen LogP contribution in [0.5, 0.6) is 0 Å². The van der Waals surface area contributed by atoms with Crippen molar-refractivity contribution in [3.63, 3.8) is 0 Å². The molecular formula is C14H17F3N2. The Morgan fingerprint density at radius 2 is 1.74 bits per heavy atom. The van der Waals surface area contributed by atoms with Crippen LogP contribution in [-0.4, -0.2) is 24.2 Å². The molecule has 0 aliphatic carbocycles. The predicted molar refractivity (Wildman–Crippen MR) is 68.4 cm³/mol. The third-order valence-electron chi connectivity index (χ3n) is 3.32. The molecule has 2 N–H and O–H groups in total. The molecule has 0 saturated carbocycles. The summed E-state index contributed by atoms with van der Waals surface area (Å²) in [5.74, 6) is 0. The Hall–Kier alpha value is -1.33. The monoisotopic (exact) mass is 270 g/mol. The van der Waals surface area contributed by atoms with Crippen LogP contribution in [0, 0.1) is 0 Å². The van der Waals surface area contributed by atoms with Crippen molar-refractivity contribution in [2.45, 2.75) is 25.7 Å². The Bertz CT molecular complexity index is 449. The summed E-state index contributed by atoms with van der Waals surface area (Å²) in [7, 11) is 0. The molecule has 0 bridgehead atoms. The molecule has 104 valence electrons. The molecule has 0 saturated heterocycles. The quantitative estimate of drug-likeness (QED) is 0.856. The second kappa shape index (κ2) is 5.75. The fourth-order valence-corrected chi connectivity index (χ4v) is 2.15. The molecule has 0 atom stereocenters. The van der Waals surface area contributed by atoms with Crippen molar-refractivity contribution >= 4 is 0 Å². The van der Waals surface area contributed by atoms with Crippen LogP contribution in [0.25, 0.3) is 0 Å². The zero-order chi connectivity index (χ0) is 13.9. The van der Waals surface area contributed by atoms with E-state index in [4.69, 9.17) is 5.73 Å². The van der Waals surface area contributed by atoms with Crippen molar-refractivity contribution in [1.82, 2.24) is 4.90 Å². The molecule has 0 unspecified atom stereocenters. The third kappa shape index (κ3) is 3.81. The maximum Gasteiger partial charge on any atom is 0.412 e. The van der Waals surface area contributed by atoms with Crippen LogP contribution >= 0.6 is 0 Å². The van der Waals surface area contributed by atoms with E-state index in [2.05, 4.69) is 0 Å². The first-order valence-corrected chi connectivity index (χ1v) is 6.25. The second-order valence-corrected chi connectivity index (χ2v) is 4.73. The lowest BCUT2D eigenvalue weighted by Crippen LogP contribution is -2.31. The smallest absolute Gasteiger partial charge is 0.326 e. The topological polar surface area (TPSA) is 29.3 Å². The molecule has 2 rings (SSSR count). The van der Waals surface area contributed by atoms with E-state index < -0.39 is 11.7 Å². The molecule has 0 radical (unpaired) electrons. The zero-order valence-corrected chi connectivity index (χ0v) is 10.6. The highest BCUT2D eigenvalue weighted by Gasteiger charge is 2.34. The highest BCUT2D eigenvalue weighted by Crippen LogP contribution is 2.30. The minimum absolute atomic E-state index is 0.0738. The van der Waals surface area contributed by atoms with Crippen LogP contribution in [-0.2, 0) is 13.1 Å². The van der Waals surface area contributed by atoms with Crippen LogP contribution < -0.4 is 5.73 Å². The Morgan fingerprint density at radius 3 is 2.21 bits per heavy atom. The molecule has 1 aliphatic rings. The second-order valence-electron chi connectivity index (χ2n) is 4.73. The van der Waals surface area contributed by atoms with Gasteiger partial charge in [-0.3, -0.25) is 4.90 Å². The van der Waals surface area contributed by atoms with Crippen LogP contribution in [0.4, 0.5) is 13.2 Å². The molecule has 1 heterocycles. The van der Waals surface area contributed by atoms with Crippen molar-refractivity contribution in [3.05, 3.63) is 47.0 Å². The van der Waals surface area contributed by atoms with Gasteiger partial charge in [-0.1, -0.05) is 30.3 Å². The number of alkyl halides is 3. The van der Waals surface area contributed by atoms with Gasteiger partial charge in [-0.05, 0) is 17.5 Å². The fourth-order valence-electron chi connectivity index (χ4n) is 2.15. The van der Waals surface area contributed by atoms with Gasteiger partial charge in [0, 0.05) is 31.8 Å². The third-order valence-corrected chi connectivity index (χ3v) is 3.32. The van der Waals surface area contributed by atoms with E-state index in [9.17, 15) is 13.2 Å². The van der Waals surface area contributed by atoms with Gasteiger partial charge >= 0.3 is 6.18 Å². The number of rotatable bonds is 3. The largest absolute Gasteiger partial charge is 0.412 e. The summed E-state index contributed by atoms with van der Waals surface area (Å²) >= 11 is 0. The summed E-state index contributed by atoms with van der Waals surface area (Å²) in [6.07, 6.45) is -2.81. The first kappa shape index (κ1) is 14.1. The van der Waals surface area contributed by atoms with E-state index in [1.807, 2.05) is 29.2 Å². The first-order valence-electron chi connectivity index (χ1n) is 6.25. The van der Waals surface area contributed by atoms with Gasteiger partial charge in [0.25, 0.3) is 0 Å². The molecule has 0 spiro atoms. The van der Waals surface area contributed by atoms with Crippen LogP contribution in [0.15, 0.2) is 35.9 Å². The first-order chi connectivity index (χ1) is 8.99. The molecule has 0 amide bonds. The minimum atomic E-state index is -4.17. The zero-order valence-electron chi connectivity index (χ0n) is 10.6. The van der Waals surface area contributed by atoms with Gasteiger partial charge in [-0.15, -0.1) is 0 Å². The maximum absolute atomic E-state index is 12.5. The lowest BCUT2D eigenvalue weighted by molar-refractivity contribution is -0.0960. The summed E-state index contributed by atoms with van der Waals surface area (Å²) in [5, 5.41) is 0. The van der Waals surface area contributed by atoms with Gasteiger partial charge in [0.2, 0.25) is 0 Å². The molecule has 1 aromatic carbocycles. The summed E-state index contributed by atoms with van der Waals surface area (Å²) in [4.78, 5) is 2.01. The Balaban J connectivity index is 1.93. The standard InChI is InChI=1S/C14H17F3N2/c15-14(16,17)13-5-7-19(8-6-13)10-12-3-1-11(9-18)2-4-12/h1-5H,6-10,18H2. The maximum atomic E-state index is 12.5. The molecule has 0 fully saturated rings. The van der Waals surface area contributed by atoms with Gasteiger partial charge in [-0.25, -0.2) is 0 Å². The molecule has 19 heavy (non-hydrogen) atoms. The fraction of sp³-hybridized carbons (Fsp3) is 0.429. The summed E-state index contributed by atoms with van der Waals surface area (Å²) < 4.78 is 37.4. The van der Waals surface area contributed by atoms with Gasteiger partial charge in [0.15, 0.2) is 0 Å². The average Bonchev–Trinajstić information content (AvgIpc) is 2.39. The molecule has 2 nitrogen and oxygen atoms in total. The lowest BCUT2D eigenvalue weighted by Gasteiger charge is -2.27. The van der Waals surface area contributed by atoms with Crippen molar-refractivity contribution in [1.29, 1.82) is 0 Å². The van der Waals surface area contributed by atoms with E-state index in [0.29, 0.717) is 26.2 Å². The van der Waals surface area contributed by atoms with Crippen LogP contribution in [0.3, 0.4) is 0 Å². The van der Waals surface area contributed by atoms with Crippen molar-refractivity contribution < 1.29 is 13.2 Å². The normalized spacial score (nSPS) is 17.4. The van der Waals surface area contributed by atoms with E-state index >= 15 is 0 Å². The Morgan fingerprint density at radius 1 is 1.11 bits per heavy atom. The van der Waals surface area contributed by atoms with Gasteiger partial charge in [0.1, 0.15) is 0 Å². The predicted octanol–water partition coefficient (Wildman–Crippen LogP) is 2.84. The Kier molecular flexibility index (Phi) is 4.27. The summed E-state index contributed by atoms with van der Waals surface area (Å²) in [6, 6.07) is 7.86. The number of nitrogens with two attached hydrogens (primary N) is 1. The number of benzene rings is 1. The summed E-state index contributed by atoms with van der Waals surface area (Å²) in [6.45, 7) is 1.98. The van der Waals surface area contributed by atoms with Crippen molar-refractivity contribution in [2.75, 3.05) is 13.1 Å². The molecule has 1 aromatic rings. The average molecular weight is 270 g/mol. The Labute approximate surface area is 110 Å². The molecule has 5 heteroatoms. The van der Waals surface area contributed by atoms with Crippen molar-refractivity contribution in [2.24, 2.45) is 5.73 Å². The molecular weight excluding hydrogens is 253 g/mol. The number of hydrogen-bond donors (Lipinski definition) is 1. The molecule has 1 aliphatic heterocycles. The van der Waals surface area contributed by atoms with Crippen LogP contribution in [0.2, 0.25) is 0 Å².